The number of unbranched alkanes of at least 4 members (excludes halogenated alkanes) is 34. The molecule has 0 rings (SSSR count). The van der Waals surface area contributed by atoms with E-state index in [1.165, 1.54) is 122 Å². The minimum absolute atomic E-state index is 0.100. The van der Waals surface area contributed by atoms with Crippen LogP contribution in [0.25, 0.3) is 0 Å². The Bertz CT molecular complexity index is 1830. The summed E-state index contributed by atoms with van der Waals surface area (Å²) in [5.74, 6) is -0.667. The predicted molar refractivity (Wildman–Crippen MR) is 358 cm³/mol. The molecule has 0 radical (unpaired) electrons. The van der Waals surface area contributed by atoms with E-state index < -0.39 is 97.5 Å². The van der Waals surface area contributed by atoms with Crippen LogP contribution >= 0.6 is 15.6 Å². The van der Waals surface area contributed by atoms with Gasteiger partial charge in [0.25, 0.3) is 0 Å². The lowest BCUT2D eigenvalue weighted by Crippen LogP contribution is -2.30. The summed E-state index contributed by atoms with van der Waals surface area (Å²) in [6, 6.07) is 0. The van der Waals surface area contributed by atoms with Crippen LogP contribution in [-0.2, 0) is 65.4 Å². The molecule has 0 aromatic carbocycles. The normalized spacial score (nSPS) is 14.3. The van der Waals surface area contributed by atoms with Gasteiger partial charge in [0.05, 0.1) is 26.4 Å². The van der Waals surface area contributed by atoms with E-state index in [1.54, 1.807) is 0 Å². The van der Waals surface area contributed by atoms with E-state index in [0.717, 1.165) is 121 Å². The Morgan fingerprint density at radius 3 is 0.921 bits per heavy atom. The number of ether oxygens (including phenoxy) is 4. The molecule has 0 aliphatic heterocycles. The molecule has 0 heterocycles. The van der Waals surface area contributed by atoms with E-state index in [9.17, 15) is 43.2 Å². The van der Waals surface area contributed by atoms with Gasteiger partial charge >= 0.3 is 39.5 Å². The van der Waals surface area contributed by atoms with Gasteiger partial charge in [-0.1, -0.05) is 278 Å². The van der Waals surface area contributed by atoms with Crippen LogP contribution in [0.1, 0.15) is 330 Å². The molecule has 524 valence electrons. The van der Waals surface area contributed by atoms with E-state index in [-0.39, 0.29) is 25.7 Å². The Labute approximate surface area is 542 Å². The molecule has 0 saturated heterocycles. The second kappa shape index (κ2) is 61.7. The van der Waals surface area contributed by atoms with Crippen LogP contribution < -0.4 is 0 Å². The van der Waals surface area contributed by atoms with Gasteiger partial charge in [0.1, 0.15) is 19.3 Å². The summed E-state index contributed by atoms with van der Waals surface area (Å²) in [6.45, 7) is 9.35. The van der Waals surface area contributed by atoms with Gasteiger partial charge in [-0.05, 0) is 63.2 Å². The fraction of sp³-hybridized carbons (Fsp3) is 0.886. The number of carbonyl (C=O) groups excluding carboxylic acids is 4. The molecule has 0 amide bonds. The standard InChI is InChI=1S/C70H132O17P2/c1-7-9-11-13-14-15-16-17-20-24-27-30-35-41-47-53-68(73)81-59-66(87-69(74)54-48-42-36-31-28-25-22-19-18-21-23-26-29-33-39-44-50-62(3)4)61-85-89(78,79)83-57-64(71)56-82-88(76,77)84-60-65(58-80-67(72)52-46-38-12-10-8-2)86-70(75)55-49-43-37-32-34-40-45-51-63(5)6/h15-17,20,62-66,71H,7-14,18-19,21-61H2,1-6H3,(H,76,77)(H,78,79)/b16-15-,20-17-/t64-,65+,66+/m0/s1. The minimum atomic E-state index is -4.96. The maximum Gasteiger partial charge on any atom is 0.472 e. The van der Waals surface area contributed by atoms with Crippen molar-refractivity contribution in [3.05, 3.63) is 24.3 Å². The number of rotatable bonds is 67. The first-order valence-electron chi connectivity index (χ1n) is 35.8. The molecule has 0 saturated carbocycles. The first-order valence-corrected chi connectivity index (χ1v) is 38.8. The number of phosphoric ester groups is 2. The third-order valence-electron chi connectivity index (χ3n) is 15.6. The van der Waals surface area contributed by atoms with Crippen LogP contribution in [-0.4, -0.2) is 96.7 Å². The van der Waals surface area contributed by atoms with Crippen LogP contribution in [0.2, 0.25) is 0 Å². The fourth-order valence-electron chi connectivity index (χ4n) is 10.1. The summed E-state index contributed by atoms with van der Waals surface area (Å²) in [5.41, 5.74) is 0. The third-order valence-corrected chi connectivity index (χ3v) is 17.5. The molecule has 0 bridgehead atoms. The number of phosphoric acid groups is 2. The number of allylic oxidation sites excluding steroid dienone is 4. The van der Waals surface area contributed by atoms with Gasteiger partial charge in [0.15, 0.2) is 12.2 Å². The molecule has 0 aromatic rings. The van der Waals surface area contributed by atoms with Gasteiger partial charge in [0, 0.05) is 25.7 Å². The van der Waals surface area contributed by atoms with Gasteiger partial charge in [-0.15, -0.1) is 0 Å². The number of esters is 4. The van der Waals surface area contributed by atoms with Crippen LogP contribution in [0.15, 0.2) is 24.3 Å². The van der Waals surface area contributed by atoms with Gasteiger partial charge < -0.3 is 33.8 Å². The molecular formula is C70H132O17P2. The maximum absolute atomic E-state index is 13.0. The largest absolute Gasteiger partial charge is 0.472 e. The summed E-state index contributed by atoms with van der Waals surface area (Å²) in [7, 11) is -9.90. The lowest BCUT2D eigenvalue weighted by atomic mass is 10.0. The molecule has 0 aliphatic carbocycles. The zero-order valence-corrected chi connectivity index (χ0v) is 59.0. The average Bonchev–Trinajstić information content (AvgIpc) is 3.67. The summed E-state index contributed by atoms with van der Waals surface area (Å²) >= 11 is 0. The van der Waals surface area contributed by atoms with Crippen molar-refractivity contribution in [1.82, 2.24) is 0 Å². The highest BCUT2D eigenvalue weighted by atomic mass is 31.2. The van der Waals surface area contributed by atoms with Gasteiger partial charge in [-0.25, -0.2) is 9.13 Å². The van der Waals surface area contributed by atoms with Crippen LogP contribution in [0, 0.1) is 11.8 Å². The third kappa shape index (κ3) is 64.1. The lowest BCUT2D eigenvalue weighted by molar-refractivity contribution is -0.161. The van der Waals surface area contributed by atoms with Crippen molar-refractivity contribution in [2.75, 3.05) is 39.6 Å². The van der Waals surface area contributed by atoms with Crippen molar-refractivity contribution in [1.29, 1.82) is 0 Å². The Morgan fingerprint density at radius 1 is 0.348 bits per heavy atom. The maximum atomic E-state index is 13.0. The summed E-state index contributed by atoms with van der Waals surface area (Å²) in [6.07, 6.45) is 50.0. The molecule has 0 aliphatic rings. The molecule has 5 atom stereocenters. The number of hydrogen-bond acceptors (Lipinski definition) is 15. The van der Waals surface area contributed by atoms with Crippen molar-refractivity contribution in [2.45, 2.75) is 349 Å². The smallest absolute Gasteiger partial charge is 0.462 e. The molecule has 0 spiro atoms. The highest BCUT2D eigenvalue weighted by molar-refractivity contribution is 7.47. The minimum Gasteiger partial charge on any atom is -0.462 e. The van der Waals surface area contributed by atoms with Gasteiger partial charge in [-0.2, -0.15) is 0 Å². The Morgan fingerprint density at radius 2 is 0.607 bits per heavy atom. The zero-order chi connectivity index (χ0) is 65.7. The van der Waals surface area contributed by atoms with Crippen LogP contribution in [0.5, 0.6) is 0 Å². The van der Waals surface area contributed by atoms with Gasteiger partial charge in [-0.3, -0.25) is 37.3 Å². The van der Waals surface area contributed by atoms with Crippen LogP contribution in [0.3, 0.4) is 0 Å². The monoisotopic (exact) mass is 1310 g/mol. The molecule has 89 heavy (non-hydrogen) atoms. The molecule has 17 nitrogen and oxygen atoms in total. The lowest BCUT2D eigenvalue weighted by Gasteiger charge is -2.21. The molecule has 2 unspecified atom stereocenters. The highest BCUT2D eigenvalue weighted by Gasteiger charge is 2.30. The van der Waals surface area contributed by atoms with Crippen molar-refractivity contribution in [3.63, 3.8) is 0 Å². The fourth-order valence-corrected chi connectivity index (χ4v) is 11.6. The number of hydrogen-bond donors (Lipinski definition) is 3. The number of carbonyl (C=O) groups is 4. The number of aliphatic hydroxyl groups excluding tert-OH is 1. The summed E-state index contributed by atoms with van der Waals surface area (Å²) < 4.78 is 68.0. The first kappa shape index (κ1) is 86.5. The quantitative estimate of drug-likeness (QED) is 0.0169. The highest BCUT2D eigenvalue weighted by Crippen LogP contribution is 2.45. The van der Waals surface area contributed by atoms with E-state index in [4.69, 9.17) is 37.0 Å². The van der Waals surface area contributed by atoms with E-state index in [0.29, 0.717) is 31.6 Å². The molecule has 0 aromatic heterocycles. The van der Waals surface area contributed by atoms with Gasteiger partial charge in [0.2, 0.25) is 0 Å². The molecule has 0 fully saturated rings. The topological polar surface area (TPSA) is 237 Å². The second-order valence-electron chi connectivity index (χ2n) is 25.5. The van der Waals surface area contributed by atoms with E-state index >= 15 is 0 Å². The summed E-state index contributed by atoms with van der Waals surface area (Å²) in [4.78, 5) is 72.2. The SMILES string of the molecule is CCCCCC/C=C\C=C/CCCCCCCC(=O)OC[C@H](COP(=O)(O)OC[C@@H](O)COP(=O)(O)OC[C@@H](COC(=O)CCCCCCC)OC(=O)CCCCCCCCCC(C)C)OC(=O)CCCCCCCCCCCCCCCCCCC(C)C. The summed E-state index contributed by atoms with van der Waals surface area (Å²) in [5, 5.41) is 10.5. The van der Waals surface area contributed by atoms with Crippen LogP contribution in [0.4, 0.5) is 0 Å². The Hall–Kier alpha value is -2.46. The number of aliphatic hydroxyl groups is 1. The van der Waals surface area contributed by atoms with Crippen molar-refractivity contribution >= 4 is 39.5 Å². The Kier molecular flexibility index (Phi) is 60.0. The molecule has 3 N–H and O–H groups in total. The second-order valence-corrected chi connectivity index (χ2v) is 28.4. The molecule has 19 heteroatoms. The average molecular weight is 1310 g/mol. The van der Waals surface area contributed by atoms with E-state index in [2.05, 4.69) is 65.8 Å². The predicted octanol–water partition coefficient (Wildman–Crippen LogP) is 19.5. The van der Waals surface area contributed by atoms with E-state index in [1.807, 2.05) is 0 Å². The van der Waals surface area contributed by atoms with Crippen molar-refractivity contribution < 1.29 is 80.2 Å². The Balaban J connectivity index is 5.18. The zero-order valence-electron chi connectivity index (χ0n) is 57.2. The van der Waals surface area contributed by atoms with Crippen molar-refractivity contribution in [3.8, 4) is 0 Å². The first-order chi connectivity index (χ1) is 42.9. The van der Waals surface area contributed by atoms with Crippen molar-refractivity contribution in [2.24, 2.45) is 11.8 Å². The molecular weight excluding hydrogens is 1170 g/mol.